The number of nitrogens with one attached hydrogen (secondary N) is 1. The Hall–Kier alpha value is -3.00. The van der Waals surface area contributed by atoms with Crippen molar-refractivity contribution in [2.75, 3.05) is 26.2 Å². The number of hydrogen-bond acceptors (Lipinski definition) is 4. The molecule has 0 radical (unpaired) electrons. The first-order chi connectivity index (χ1) is 17.2. The molecule has 1 N–H and O–H groups in total. The van der Waals surface area contributed by atoms with Crippen molar-refractivity contribution in [2.45, 2.75) is 44.7 Å². The van der Waals surface area contributed by atoms with E-state index < -0.39 is 16.1 Å². The molecule has 6 nitrogen and oxygen atoms in total. The SMILES string of the molecule is Cc1cc(C)c(S(=O)(=O)N[C@H](Cc2ccccc2)C(=O)N2CCN(Cc3ccccc3)CC2)c(C)c1. The average molecular weight is 506 g/mol. The van der Waals surface area contributed by atoms with Gasteiger partial charge in [0.05, 0.1) is 4.90 Å². The topological polar surface area (TPSA) is 69.7 Å². The highest BCUT2D eigenvalue weighted by atomic mass is 32.2. The third-order valence-corrected chi connectivity index (χ3v) is 8.46. The molecule has 7 heteroatoms. The molecule has 1 amide bonds. The summed E-state index contributed by atoms with van der Waals surface area (Å²) in [6.45, 7) is 9.03. The van der Waals surface area contributed by atoms with Crippen molar-refractivity contribution in [1.82, 2.24) is 14.5 Å². The highest BCUT2D eigenvalue weighted by molar-refractivity contribution is 7.89. The van der Waals surface area contributed by atoms with Gasteiger partial charge < -0.3 is 4.90 Å². The van der Waals surface area contributed by atoms with E-state index in [0.29, 0.717) is 30.6 Å². The van der Waals surface area contributed by atoms with Gasteiger partial charge in [0.15, 0.2) is 0 Å². The fraction of sp³-hybridized carbons (Fsp3) is 0.345. The number of amides is 1. The Balaban J connectivity index is 1.51. The fourth-order valence-corrected chi connectivity index (χ4v) is 6.70. The minimum atomic E-state index is -3.90. The highest BCUT2D eigenvalue weighted by Crippen LogP contribution is 2.23. The van der Waals surface area contributed by atoms with E-state index in [0.717, 1.165) is 30.8 Å². The van der Waals surface area contributed by atoms with Gasteiger partial charge in [0.2, 0.25) is 15.9 Å². The summed E-state index contributed by atoms with van der Waals surface area (Å²) in [7, 11) is -3.90. The quantitative estimate of drug-likeness (QED) is 0.505. The van der Waals surface area contributed by atoms with Gasteiger partial charge in [-0.05, 0) is 49.4 Å². The largest absolute Gasteiger partial charge is 0.339 e. The van der Waals surface area contributed by atoms with Gasteiger partial charge in [0.25, 0.3) is 0 Å². The van der Waals surface area contributed by atoms with Crippen molar-refractivity contribution in [1.29, 1.82) is 0 Å². The molecule has 1 heterocycles. The highest BCUT2D eigenvalue weighted by Gasteiger charge is 2.32. The van der Waals surface area contributed by atoms with E-state index >= 15 is 0 Å². The zero-order valence-corrected chi connectivity index (χ0v) is 22.1. The summed E-state index contributed by atoms with van der Waals surface area (Å²) in [4.78, 5) is 18.1. The Morgan fingerprint density at radius 2 is 1.36 bits per heavy atom. The molecule has 1 atom stereocenters. The van der Waals surface area contributed by atoms with Crippen molar-refractivity contribution in [2.24, 2.45) is 0 Å². The molecule has 0 unspecified atom stereocenters. The maximum absolute atomic E-state index is 13.7. The average Bonchev–Trinajstić information content (AvgIpc) is 2.84. The van der Waals surface area contributed by atoms with Gasteiger partial charge >= 0.3 is 0 Å². The van der Waals surface area contributed by atoms with E-state index in [1.54, 1.807) is 18.7 Å². The van der Waals surface area contributed by atoms with Gasteiger partial charge in [-0.15, -0.1) is 0 Å². The maximum atomic E-state index is 13.7. The number of nitrogens with zero attached hydrogens (tertiary/aromatic N) is 2. The number of sulfonamides is 1. The summed E-state index contributed by atoms with van der Waals surface area (Å²) >= 11 is 0. The lowest BCUT2D eigenvalue weighted by atomic mass is 10.1. The van der Waals surface area contributed by atoms with Crippen LogP contribution in [0, 0.1) is 20.8 Å². The summed E-state index contributed by atoms with van der Waals surface area (Å²) in [5, 5.41) is 0. The molecule has 0 aromatic heterocycles. The first-order valence-electron chi connectivity index (χ1n) is 12.4. The minimum absolute atomic E-state index is 0.177. The molecular formula is C29H35N3O3S. The number of aryl methyl sites for hydroxylation is 3. The third-order valence-electron chi connectivity index (χ3n) is 6.68. The van der Waals surface area contributed by atoms with Crippen molar-refractivity contribution in [3.63, 3.8) is 0 Å². The predicted octanol–water partition coefficient (Wildman–Crippen LogP) is 3.85. The van der Waals surface area contributed by atoms with Crippen LogP contribution in [-0.2, 0) is 27.8 Å². The second-order valence-electron chi connectivity index (χ2n) is 9.68. The predicted molar refractivity (Wildman–Crippen MR) is 143 cm³/mol. The number of piperazine rings is 1. The van der Waals surface area contributed by atoms with Crippen LogP contribution in [0.1, 0.15) is 27.8 Å². The summed E-state index contributed by atoms with van der Waals surface area (Å²) in [5.41, 5.74) is 4.53. The lowest BCUT2D eigenvalue weighted by Crippen LogP contribution is -2.55. The van der Waals surface area contributed by atoms with Crippen molar-refractivity contribution >= 4 is 15.9 Å². The van der Waals surface area contributed by atoms with Crippen LogP contribution in [0.15, 0.2) is 77.7 Å². The molecule has 1 saturated heterocycles. The maximum Gasteiger partial charge on any atom is 0.241 e. The second-order valence-corrected chi connectivity index (χ2v) is 11.3. The summed E-state index contributed by atoms with van der Waals surface area (Å²) in [6, 6.07) is 22.7. The molecule has 1 fully saturated rings. The van der Waals surface area contributed by atoms with Gasteiger partial charge in [-0.25, -0.2) is 8.42 Å². The number of benzene rings is 3. The van der Waals surface area contributed by atoms with Gasteiger partial charge in [-0.2, -0.15) is 4.72 Å². The van der Waals surface area contributed by atoms with Crippen LogP contribution in [-0.4, -0.2) is 56.3 Å². The summed E-state index contributed by atoms with van der Waals surface area (Å²) < 4.78 is 29.9. The van der Waals surface area contributed by atoms with E-state index in [2.05, 4.69) is 21.8 Å². The van der Waals surface area contributed by atoms with Gasteiger partial charge in [0, 0.05) is 32.7 Å². The zero-order chi connectivity index (χ0) is 25.7. The third kappa shape index (κ3) is 6.40. The Labute approximate surface area is 215 Å². The molecule has 1 aliphatic heterocycles. The Morgan fingerprint density at radius 3 is 1.92 bits per heavy atom. The van der Waals surface area contributed by atoms with Crippen LogP contribution >= 0.6 is 0 Å². The van der Waals surface area contributed by atoms with Gasteiger partial charge in [0.1, 0.15) is 6.04 Å². The second kappa shape index (κ2) is 11.4. The Kier molecular flexibility index (Phi) is 8.24. The van der Waals surface area contributed by atoms with Crippen molar-refractivity contribution in [3.8, 4) is 0 Å². The van der Waals surface area contributed by atoms with Gasteiger partial charge in [-0.3, -0.25) is 9.69 Å². The molecule has 0 spiro atoms. The molecule has 0 saturated carbocycles. The smallest absolute Gasteiger partial charge is 0.241 e. The van der Waals surface area contributed by atoms with E-state index in [1.165, 1.54) is 5.56 Å². The van der Waals surface area contributed by atoms with E-state index in [1.807, 2.05) is 67.6 Å². The van der Waals surface area contributed by atoms with Crippen LogP contribution in [0.5, 0.6) is 0 Å². The van der Waals surface area contributed by atoms with Crippen molar-refractivity contribution in [3.05, 3.63) is 101 Å². The van der Waals surface area contributed by atoms with Crippen LogP contribution < -0.4 is 4.72 Å². The monoisotopic (exact) mass is 505 g/mol. The number of hydrogen-bond donors (Lipinski definition) is 1. The normalized spacial score (nSPS) is 15.6. The number of rotatable bonds is 8. The fourth-order valence-electron chi connectivity index (χ4n) is 5.05. The Bertz CT molecular complexity index is 1260. The summed E-state index contributed by atoms with van der Waals surface area (Å²) in [6.07, 6.45) is 0.299. The molecule has 190 valence electrons. The zero-order valence-electron chi connectivity index (χ0n) is 21.3. The van der Waals surface area contributed by atoms with E-state index in [9.17, 15) is 13.2 Å². The molecule has 4 rings (SSSR count). The van der Waals surface area contributed by atoms with Gasteiger partial charge in [-0.1, -0.05) is 78.4 Å². The first kappa shape index (κ1) is 26.1. The minimum Gasteiger partial charge on any atom is -0.339 e. The molecule has 0 aliphatic carbocycles. The molecular weight excluding hydrogens is 470 g/mol. The van der Waals surface area contributed by atoms with E-state index in [-0.39, 0.29) is 10.8 Å². The van der Waals surface area contributed by atoms with Crippen LogP contribution in [0.25, 0.3) is 0 Å². The molecule has 3 aromatic rings. The molecule has 0 bridgehead atoms. The standard InChI is InChI=1S/C29H35N3O3S/c1-22-18-23(2)28(24(3)19-22)36(34,35)30-27(20-25-10-6-4-7-11-25)29(33)32-16-14-31(15-17-32)21-26-12-8-5-9-13-26/h4-13,18-19,27,30H,14-17,20-21H2,1-3H3/t27-/m1/s1. The molecule has 1 aliphatic rings. The van der Waals surface area contributed by atoms with Crippen LogP contribution in [0.3, 0.4) is 0 Å². The van der Waals surface area contributed by atoms with Crippen molar-refractivity contribution < 1.29 is 13.2 Å². The molecule has 36 heavy (non-hydrogen) atoms. The summed E-state index contributed by atoms with van der Waals surface area (Å²) in [5.74, 6) is -0.177. The number of carbonyl (C=O) groups is 1. The lowest BCUT2D eigenvalue weighted by Gasteiger charge is -2.36. The first-order valence-corrected chi connectivity index (χ1v) is 13.9. The van der Waals surface area contributed by atoms with E-state index in [4.69, 9.17) is 0 Å². The van der Waals surface area contributed by atoms with Crippen LogP contribution in [0.4, 0.5) is 0 Å². The number of carbonyl (C=O) groups excluding carboxylic acids is 1. The lowest BCUT2D eigenvalue weighted by molar-refractivity contribution is -0.134. The van der Waals surface area contributed by atoms with Crippen LogP contribution in [0.2, 0.25) is 0 Å². The Morgan fingerprint density at radius 1 is 0.833 bits per heavy atom. The molecule has 3 aromatic carbocycles.